The summed E-state index contributed by atoms with van der Waals surface area (Å²) in [4.78, 5) is 14.5. The van der Waals surface area contributed by atoms with Crippen LogP contribution in [-0.2, 0) is 4.79 Å². The summed E-state index contributed by atoms with van der Waals surface area (Å²) in [6.07, 6.45) is 5.45. The first-order chi connectivity index (χ1) is 4.88. The van der Waals surface area contributed by atoms with E-state index < -0.39 is 0 Å². The predicted molar refractivity (Wildman–Crippen MR) is 37.7 cm³/mol. The van der Waals surface area contributed by atoms with Crippen LogP contribution in [0.3, 0.4) is 0 Å². The molecule has 1 amide bonds. The molecule has 0 saturated carbocycles. The van der Waals surface area contributed by atoms with E-state index in [2.05, 4.69) is 10.3 Å². The molecule has 0 fully saturated rings. The van der Waals surface area contributed by atoms with Crippen LogP contribution in [-0.4, -0.2) is 18.7 Å². The van der Waals surface area contributed by atoms with E-state index in [1.807, 2.05) is 12.2 Å². The van der Waals surface area contributed by atoms with Crippen molar-refractivity contribution in [1.82, 2.24) is 5.32 Å². The molecule has 2 aliphatic rings. The van der Waals surface area contributed by atoms with Crippen molar-refractivity contribution in [3.05, 3.63) is 23.4 Å². The number of carbonyl (C=O) groups is 1. The number of amides is 1. The van der Waals surface area contributed by atoms with Gasteiger partial charge < -0.3 is 5.32 Å². The summed E-state index contributed by atoms with van der Waals surface area (Å²) in [5.41, 5.74) is 1.54. The van der Waals surface area contributed by atoms with Crippen LogP contribution in [0, 0.1) is 0 Å². The number of dihydropyridines is 1. The van der Waals surface area contributed by atoms with Gasteiger partial charge >= 0.3 is 0 Å². The van der Waals surface area contributed by atoms with Gasteiger partial charge in [0.1, 0.15) is 5.70 Å². The minimum Gasteiger partial charge on any atom is -0.377 e. The molecule has 0 saturated heterocycles. The molecule has 0 atom stereocenters. The van der Waals surface area contributed by atoms with Gasteiger partial charge in [0.2, 0.25) is 0 Å². The number of rotatable bonds is 0. The van der Waals surface area contributed by atoms with Gasteiger partial charge in [0.05, 0.1) is 0 Å². The van der Waals surface area contributed by atoms with Gasteiger partial charge in [-0.05, 0) is 0 Å². The van der Waals surface area contributed by atoms with E-state index in [1.54, 1.807) is 6.21 Å². The minimum absolute atomic E-state index is 0.153. The van der Waals surface area contributed by atoms with Crippen molar-refractivity contribution in [2.75, 3.05) is 6.54 Å². The second-order valence-electron chi connectivity index (χ2n) is 2.18. The van der Waals surface area contributed by atoms with Crippen LogP contribution in [0.4, 0.5) is 0 Å². The highest BCUT2D eigenvalue weighted by atomic mass is 16.1. The van der Waals surface area contributed by atoms with Crippen LogP contribution in [0.2, 0.25) is 0 Å². The van der Waals surface area contributed by atoms with Gasteiger partial charge in [-0.1, -0.05) is 12.2 Å². The SMILES string of the molecule is O=C1N=CC2=C1NCC=C2. The Morgan fingerprint density at radius 3 is 3.30 bits per heavy atom. The lowest BCUT2D eigenvalue weighted by molar-refractivity contribution is -0.114. The van der Waals surface area contributed by atoms with E-state index in [0.717, 1.165) is 12.1 Å². The minimum atomic E-state index is -0.153. The van der Waals surface area contributed by atoms with Crippen LogP contribution in [0.1, 0.15) is 0 Å². The number of hydrogen-bond acceptors (Lipinski definition) is 2. The molecule has 0 radical (unpaired) electrons. The van der Waals surface area contributed by atoms with E-state index in [0.29, 0.717) is 5.70 Å². The predicted octanol–water partition coefficient (Wildman–Crippen LogP) is 0.0109. The molecule has 2 rings (SSSR count). The average molecular weight is 134 g/mol. The van der Waals surface area contributed by atoms with Crippen LogP contribution in [0.25, 0.3) is 0 Å². The lowest BCUT2D eigenvalue weighted by Gasteiger charge is -2.07. The maximum absolute atomic E-state index is 10.9. The first kappa shape index (κ1) is 5.41. The summed E-state index contributed by atoms with van der Waals surface area (Å²) in [5, 5.41) is 2.95. The largest absolute Gasteiger partial charge is 0.377 e. The summed E-state index contributed by atoms with van der Waals surface area (Å²) in [7, 11) is 0. The Kier molecular flexibility index (Phi) is 0.974. The Labute approximate surface area is 58.1 Å². The number of nitrogens with one attached hydrogen (secondary N) is 1. The molecule has 2 heterocycles. The smallest absolute Gasteiger partial charge is 0.293 e. The lowest BCUT2D eigenvalue weighted by atomic mass is 10.2. The lowest BCUT2D eigenvalue weighted by Crippen LogP contribution is -2.21. The maximum Gasteiger partial charge on any atom is 0.293 e. The zero-order valence-corrected chi connectivity index (χ0v) is 5.29. The Morgan fingerprint density at radius 1 is 1.60 bits per heavy atom. The molecule has 3 nitrogen and oxygen atoms in total. The normalized spacial score (nSPS) is 21.4. The Bertz CT molecular complexity index is 273. The van der Waals surface area contributed by atoms with E-state index in [9.17, 15) is 4.79 Å². The monoisotopic (exact) mass is 134 g/mol. The number of nitrogens with zero attached hydrogens (tertiary/aromatic N) is 1. The number of aliphatic imine (C=N–C) groups is 1. The van der Waals surface area contributed by atoms with Gasteiger partial charge in [0.25, 0.3) is 5.91 Å². The fourth-order valence-corrected chi connectivity index (χ4v) is 1.03. The summed E-state index contributed by atoms with van der Waals surface area (Å²) in [6.45, 7) is 0.730. The molecule has 0 aliphatic carbocycles. The topological polar surface area (TPSA) is 41.5 Å². The Hall–Kier alpha value is -1.38. The second-order valence-corrected chi connectivity index (χ2v) is 2.18. The molecular weight excluding hydrogens is 128 g/mol. The van der Waals surface area contributed by atoms with Crippen molar-refractivity contribution < 1.29 is 4.79 Å². The van der Waals surface area contributed by atoms with Gasteiger partial charge in [-0.3, -0.25) is 4.79 Å². The van der Waals surface area contributed by atoms with E-state index in [1.165, 1.54) is 0 Å². The fourth-order valence-electron chi connectivity index (χ4n) is 1.03. The van der Waals surface area contributed by atoms with Crippen LogP contribution < -0.4 is 5.32 Å². The zero-order chi connectivity index (χ0) is 6.97. The van der Waals surface area contributed by atoms with E-state index in [-0.39, 0.29) is 5.91 Å². The molecule has 0 unspecified atom stereocenters. The third kappa shape index (κ3) is 0.603. The Balaban J connectivity index is 2.46. The summed E-state index contributed by atoms with van der Waals surface area (Å²) >= 11 is 0. The molecule has 0 aromatic rings. The number of carbonyl (C=O) groups excluding carboxylic acids is 1. The third-order valence-electron chi connectivity index (χ3n) is 1.52. The fraction of sp³-hybridized carbons (Fsp3) is 0.143. The van der Waals surface area contributed by atoms with Crippen molar-refractivity contribution in [2.24, 2.45) is 4.99 Å². The van der Waals surface area contributed by atoms with Gasteiger partial charge in [-0.2, -0.15) is 0 Å². The highest BCUT2D eigenvalue weighted by Gasteiger charge is 2.18. The molecule has 10 heavy (non-hydrogen) atoms. The molecule has 0 aromatic carbocycles. The zero-order valence-electron chi connectivity index (χ0n) is 5.29. The van der Waals surface area contributed by atoms with Crippen molar-refractivity contribution in [3.8, 4) is 0 Å². The second kappa shape index (κ2) is 1.80. The molecule has 0 spiro atoms. The quantitative estimate of drug-likeness (QED) is 0.507. The van der Waals surface area contributed by atoms with E-state index in [4.69, 9.17) is 0 Å². The summed E-state index contributed by atoms with van der Waals surface area (Å²) in [5.74, 6) is -0.153. The molecular formula is C7H6N2O. The van der Waals surface area contributed by atoms with Crippen molar-refractivity contribution in [3.63, 3.8) is 0 Å². The van der Waals surface area contributed by atoms with Gasteiger partial charge in [0.15, 0.2) is 0 Å². The van der Waals surface area contributed by atoms with Crippen LogP contribution in [0.5, 0.6) is 0 Å². The Morgan fingerprint density at radius 2 is 2.50 bits per heavy atom. The average Bonchev–Trinajstić information content (AvgIpc) is 2.34. The number of allylic oxidation sites excluding steroid dienone is 2. The van der Waals surface area contributed by atoms with Crippen LogP contribution in [0.15, 0.2) is 28.4 Å². The third-order valence-corrected chi connectivity index (χ3v) is 1.52. The molecule has 0 bridgehead atoms. The molecule has 3 heteroatoms. The first-order valence-corrected chi connectivity index (χ1v) is 3.11. The van der Waals surface area contributed by atoms with Crippen molar-refractivity contribution in [1.29, 1.82) is 0 Å². The standard InChI is InChI=1S/C7H6N2O/c10-7-6-5(4-9-7)2-1-3-8-6/h1-2,4,8H,3H2. The van der Waals surface area contributed by atoms with Gasteiger partial charge in [0, 0.05) is 18.3 Å². The molecule has 1 N–H and O–H groups in total. The van der Waals surface area contributed by atoms with Crippen molar-refractivity contribution >= 4 is 12.1 Å². The van der Waals surface area contributed by atoms with E-state index >= 15 is 0 Å². The number of hydrogen-bond donors (Lipinski definition) is 1. The molecule has 2 aliphatic heterocycles. The maximum atomic E-state index is 10.9. The summed E-state index contributed by atoms with van der Waals surface area (Å²) < 4.78 is 0. The van der Waals surface area contributed by atoms with Gasteiger partial charge in [-0.25, -0.2) is 4.99 Å². The van der Waals surface area contributed by atoms with Crippen LogP contribution >= 0.6 is 0 Å². The van der Waals surface area contributed by atoms with Crippen molar-refractivity contribution in [2.45, 2.75) is 0 Å². The molecule has 0 aromatic heterocycles. The summed E-state index contributed by atoms with van der Waals surface area (Å²) in [6, 6.07) is 0. The van der Waals surface area contributed by atoms with Gasteiger partial charge in [-0.15, -0.1) is 0 Å². The first-order valence-electron chi connectivity index (χ1n) is 3.11. The molecule has 50 valence electrons. The highest BCUT2D eigenvalue weighted by Crippen LogP contribution is 2.12. The highest BCUT2D eigenvalue weighted by molar-refractivity contribution is 6.11.